The molecule has 0 radical (unpaired) electrons. The summed E-state index contributed by atoms with van der Waals surface area (Å²) >= 11 is 0. The van der Waals surface area contributed by atoms with Gasteiger partial charge >= 0.3 is 0 Å². The van der Waals surface area contributed by atoms with Gasteiger partial charge in [0.25, 0.3) is 0 Å². The molecule has 0 saturated heterocycles. The van der Waals surface area contributed by atoms with Crippen LogP contribution < -0.4 is 4.74 Å². The molecule has 1 aliphatic carbocycles. The quantitative estimate of drug-likeness (QED) is 0.700. The Morgan fingerprint density at radius 3 is 2.76 bits per heavy atom. The first-order chi connectivity index (χ1) is 8.21. The summed E-state index contributed by atoms with van der Waals surface area (Å²) in [4.78, 5) is 0. The number of methoxy groups -OCH3 is 1. The number of hydrogen-bond donors (Lipinski definition) is 0. The molecule has 2 rings (SSSR count). The summed E-state index contributed by atoms with van der Waals surface area (Å²) in [6, 6.07) is 4.16. The van der Waals surface area contributed by atoms with Crippen molar-refractivity contribution in [1.29, 1.82) is 0 Å². The maximum Gasteiger partial charge on any atom is 0.126 e. The topological polar surface area (TPSA) is 9.23 Å². The highest BCUT2D eigenvalue weighted by Crippen LogP contribution is 2.37. The Labute approximate surface area is 103 Å². The fourth-order valence-electron chi connectivity index (χ4n) is 2.40. The largest absolute Gasteiger partial charge is 0.496 e. The van der Waals surface area contributed by atoms with Crippen molar-refractivity contribution in [1.82, 2.24) is 0 Å². The third kappa shape index (κ3) is 1.93. The average Bonchev–Trinajstić information content (AvgIpc) is 2.72. The first-order valence-electron chi connectivity index (χ1n) is 5.87. The zero-order chi connectivity index (χ0) is 12.4. The zero-order valence-corrected chi connectivity index (χ0v) is 10.7. The van der Waals surface area contributed by atoms with Crippen LogP contribution in [0.2, 0.25) is 0 Å². The molecule has 0 spiro atoms. The second-order valence-electron chi connectivity index (χ2n) is 4.32. The second kappa shape index (κ2) is 4.62. The molecule has 0 fully saturated rings. The Hall–Kier alpha value is -1.76. The number of rotatable bonds is 3. The van der Waals surface area contributed by atoms with Gasteiger partial charge in [0.05, 0.1) is 7.11 Å². The van der Waals surface area contributed by atoms with Crippen molar-refractivity contribution in [3.8, 4) is 5.75 Å². The van der Waals surface area contributed by atoms with Gasteiger partial charge in [-0.2, -0.15) is 0 Å². The van der Waals surface area contributed by atoms with Crippen LogP contribution in [0.25, 0.3) is 11.6 Å². The average molecular weight is 226 g/mol. The standard InChI is InChI=1S/C16H18O/c1-5-12(6-2)13-7-8-16(17-4)15-10-11(3)9-14(13)15/h5-8,10H,1,9H2,2-4H3/b12-6+. The number of ether oxygens (including phenoxy) is 1. The molecule has 17 heavy (non-hydrogen) atoms. The molecule has 1 aromatic rings. The summed E-state index contributed by atoms with van der Waals surface area (Å²) in [5.74, 6) is 0.958. The first-order valence-corrected chi connectivity index (χ1v) is 5.87. The van der Waals surface area contributed by atoms with Crippen LogP contribution >= 0.6 is 0 Å². The van der Waals surface area contributed by atoms with Gasteiger partial charge in [-0.25, -0.2) is 0 Å². The molecule has 1 heteroatoms. The highest BCUT2D eigenvalue weighted by atomic mass is 16.5. The molecule has 0 unspecified atom stereocenters. The van der Waals surface area contributed by atoms with E-state index in [2.05, 4.69) is 31.7 Å². The van der Waals surface area contributed by atoms with Gasteiger partial charge in [0, 0.05) is 5.56 Å². The van der Waals surface area contributed by atoms with Gasteiger partial charge in [-0.3, -0.25) is 0 Å². The van der Waals surface area contributed by atoms with Crippen LogP contribution in [0.4, 0.5) is 0 Å². The molecule has 88 valence electrons. The molecule has 0 atom stereocenters. The van der Waals surface area contributed by atoms with E-state index < -0.39 is 0 Å². The summed E-state index contributed by atoms with van der Waals surface area (Å²) in [6.07, 6.45) is 7.24. The predicted octanol–water partition coefficient (Wildman–Crippen LogP) is 4.24. The molecule has 0 bridgehead atoms. The van der Waals surface area contributed by atoms with Crippen LogP contribution in [0.5, 0.6) is 5.75 Å². The molecule has 0 amide bonds. The maximum atomic E-state index is 5.42. The summed E-state index contributed by atoms with van der Waals surface area (Å²) in [6.45, 7) is 8.08. The molecular formula is C16H18O. The van der Waals surface area contributed by atoms with Crippen molar-refractivity contribution in [2.24, 2.45) is 0 Å². The minimum absolute atomic E-state index is 0.958. The number of allylic oxidation sites excluding steroid dienone is 4. The Morgan fingerprint density at radius 1 is 1.41 bits per heavy atom. The molecule has 0 aromatic heterocycles. The molecular weight excluding hydrogens is 208 g/mol. The van der Waals surface area contributed by atoms with Gasteiger partial charge in [-0.15, -0.1) is 0 Å². The molecule has 1 aromatic carbocycles. The monoisotopic (exact) mass is 226 g/mol. The lowest BCUT2D eigenvalue weighted by molar-refractivity contribution is 0.413. The third-order valence-corrected chi connectivity index (χ3v) is 3.23. The molecule has 0 aliphatic heterocycles. The predicted molar refractivity (Wildman–Crippen MR) is 74.2 cm³/mol. The van der Waals surface area contributed by atoms with Gasteiger partial charge in [-0.1, -0.05) is 36.4 Å². The molecule has 0 heterocycles. The molecule has 0 N–H and O–H groups in total. The van der Waals surface area contributed by atoms with E-state index in [9.17, 15) is 0 Å². The summed E-state index contributed by atoms with van der Waals surface area (Å²) in [5.41, 5.74) is 6.42. The molecule has 0 saturated carbocycles. The SMILES string of the molecule is C=C/C(=C\C)c1ccc(OC)c2c1CC(C)=C2. The van der Waals surface area contributed by atoms with Gasteiger partial charge in [0.2, 0.25) is 0 Å². The summed E-state index contributed by atoms with van der Waals surface area (Å²) < 4.78 is 5.42. The minimum Gasteiger partial charge on any atom is -0.496 e. The van der Waals surface area contributed by atoms with Crippen LogP contribution in [-0.2, 0) is 6.42 Å². The minimum atomic E-state index is 0.958. The van der Waals surface area contributed by atoms with Crippen molar-refractivity contribution >= 4 is 11.6 Å². The van der Waals surface area contributed by atoms with Crippen LogP contribution in [0.15, 0.2) is 36.4 Å². The van der Waals surface area contributed by atoms with Crippen molar-refractivity contribution in [3.05, 3.63) is 53.1 Å². The van der Waals surface area contributed by atoms with Crippen LogP contribution in [0.1, 0.15) is 30.5 Å². The van der Waals surface area contributed by atoms with Gasteiger partial charge in [0.1, 0.15) is 5.75 Å². The van der Waals surface area contributed by atoms with Gasteiger partial charge in [0.15, 0.2) is 0 Å². The van der Waals surface area contributed by atoms with E-state index in [0.29, 0.717) is 0 Å². The zero-order valence-electron chi connectivity index (χ0n) is 10.7. The first kappa shape index (κ1) is 11.7. The third-order valence-electron chi connectivity index (χ3n) is 3.23. The van der Waals surface area contributed by atoms with Crippen molar-refractivity contribution in [2.75, 3.05) is 7.11 Å². The van der Waals surface area contributed by atoms with E-state index in [1.54, 1.807) is 7.11 Å². The lowest BCUT2D eigenvalue weighted by Gasteiger charge is -2.12. The molecule has 1 aliphatic rings. The highest BCUT2D eigenvalue weighted by Gasteiger charge is 2.18. The number of benzene rings is 1. The Kier molecular flexibility index (Phi) is 3.19. The maximum absolute atomic E-state index is 5.42. The van der Waals surface area contributed by atoms with Crippen molar-refractivity contribution in [3.63, 3.8) is 0 Å². The fourth-order valence-corrected chi connectivity index (χ4v) is 2.40. The van der Waals surface area contributed by atoms with E-state index in [1.807, 2.05) is 19.1 Å². The van der Waals surface area contributed by atoms with Gasteiger partial charge < -0.3 is 4.74 Å². The van der Waals surface area contributed by atoms with E-state index in [0.717, 1.165) is 12.2 Å². The van der Waals surface area contributed by atoms with Crippen molar-refractivity contribution < 1.29 is 4.74 Å². The van der Waals surface area contributed by atoms with E-state index >= 15 is 0 Å². The number of fused-ring (bicyclic) bond motifs is 1. The molecule has 1 nitrogen and oxygen atoms in total. The van der Waals surface area contributed by atoms with Crippen LogP contribution in [0.3, 0.4) is 0 Å². The smallest absolute Gasteiger partial charge is 0.126 e. The Morgan fingerprint density at radius 2 is 2.18 bits per heavy atom. The number of hydrogen-bond acceptors (Lipinski definition) is 1. The highest BCUT2D eigenvalue weighted by molar-refractivity contribution is 5.82. The van der Waals surface area contributed by atoms with E-state index in [-0.39, 0.29) is 0 Å². The van der Waals surface area contributed by atoms with E-state index in [1.165, 1.54) is 27.8 Å². The Bertz CT molecular complexity index is 519. The lowest BCUT2D eigenvalue weighted by atomic mass is 9.95. The normalized spacial score (nSPS) is 14.3. The van der Waals surface area contributed by atoms with Gasteiger partial charge in [-0.05, 0) is 43.0 Å². The van der Waals surface area contributed by atoms with Crippen LogP contribution in [-0.4, -0.2) is 7.11 Å². The van der Waals surface area contributed by atoms with Crippen LogP contribution in [0, 0.1) is 0 Å². The Balaban J connectivity index is 2.62. The van der Waals surface area contributed by atoms with Crippen molar-refractivity contribution in [2.45, 2.75) is 20.3 Å². The van der Waals surface area contributed by atoms with E-state index in [4.69, 9.17) is 4.74 Å². The lowest BCUT2D eigenvalue weighted by Crippen LogP contribution is -1.95. The second-order valence-corrected chi connectivity index (χ2v) is 4.32. The summed E-state index contributed by atoms with van der Waals surface area (Å²) in [5, 5.41) is 0. The summed E-state index contributed by atoms with van der Waals surface area (Å²) in [7, 11) is 1.72. The fraction of sp³-hybridized carbons (Fsp3) is 0.250.